The van der Waals surface area contributed by atoms with Crippen molar-refractivity contribution < 1.29 is 9.53 Å². The standard InChI is InChI=1S/C19H22N4O2S2/c1-13(15-9-5-7-14-6-3-4-8-16(14)15)21-17(24)12-26-19-23-22-18(27-19)20-10-11-25-2/h3-9,13H,10-12H2,1-2H3,(H,20,22)(H,21,24)/t13-/m1/s1. The zero-order chi connectivity index (χ0) is 19.1. The van der Waals surface area contributed by atoms with Gasteiger partial charge in [-0.25, -0.2) is 0 Å². The molecule has 0 unspecified atom stereocenters. The van der Waals surface area contributed by atoms with Crippen molar-refractivity contribution in [2.24, 2.45) is 0 Å². The zero-order valence-electron chi connectivity index (χ0n) is 15.3. The number of carbonyl (C=O) groups excluding carboxylic acids is 1. The van der Waals surface area contributed by atoms with Gasteiger partial charge in [0.25, 0.3) is 0 Å². The van der Waals surface area contributed by atoms with Crippen molar-refractivity contribution >= 4 is 44.9 Å². The molecule has 0 saturated heterocycles. The van der Waals surface area contributed by atoms with E-state index in [2.05, 4.69) is 45.1 Å². The Labute approximate surface area is 166 Å². The quantitative estimate of drug-likeness (QED) is 0.420. The molecule has 0 aliphatic rings. The van der Waals surface area contributed by atoms with Gasteiger partial charge < -0.3 is 15.4 Å². The van der Waals surface area contributed by atoms with Crippen LogP contribution in [0.3, 0.4) is 0 Å². The number of hydrogen-bond acceptors (Lipinski definition) is 7. The van der Waals surface area contributed by atoms with Gasteiger partial charge in [0.05, 0.1) is 18.4 Å². The number of carbonyl (C=O) groups is 1. The number of anilines is 1. The molecule has 8 heteroatoms. The Balaban J connectivity index is 1.53. The van der Waals surface area contributed by atoms with Crippen LogP contribution in [-0.4, -0.2) is 42.1 Å². The molecule has 27 heavy (non-hydrogen) atoms. The number of nitrogens with zero attached hydrogens (tertiary/aromatic N) is 2. The lowest BCUT2D eigenvalue weighted by Crippen LogP contribution is -2.28. The molecule has 0 aliphatic heterocycles. The first-order chi connectivity index (χ1) is 13.2. The zero-order valence-corrected chi connectivity index (χ0v) is 16.9. The highest BCUT2D eigenvalue weighted by molar-refractivity contribution is 8.01. The Morgan fingerprint density at radius 3 is 2.89 bits per heavy atom. The van der Waals surface area contributed by atoms with Crippen LogP contribution >= 0.6 is 23.1 Å². The fourth-order valence-electron chi connectivity index (χ4n) is 2.72. The summed E-state index contributed by atoms with van der Waals surface area (Å²) < 4.78 is 5.75. The number of ether oxygens (including phenoxy) is 1. The van der Waals surface area contributed by atoms with E-state index in [1.807, 2.05) is 25.1 Å². The minimum absolute atomic E-state index is 0.0236. The molecule has 2 N–H and O–H groups in total. The first-order valence-electron chi connectivity index (χ1n) is 8.63. The highest BCUT2D eigenvalue weighted by Gasteiger charge is 2.13. The van der Waals surface area contributed by atoms with Gasteiger partial charge in [-0.05, 0) is 23.3 Å². The molecule has 0 bridgehead atoms. The monoisotopic (exact) mass is 402 g/mol. The second-order valence-electron chi connectivity index (χ2n) is 5.94. The van der Waals surface area contributed by atoms with Crippen molar-refractivity contribution in [3.8, 4) is 0 Å². The molecule has 3 rings (SSSR count). The second-order valence-corrected chi connectivity index (χ2v) is 8.14. The molecule has 0 radical (unpaired) electrons. The van der Waals surface area contributed by atoms with E-state index in [1.54, 1.807) is 7.11 Å². The topological polar surface area (TPSA) is 76.1 Å². The van der Waals surface area contributed by atoms with E-state index in [0.29, 0.717) is 18.9 Å². The van der Waals surface area contributed by atoms with Gasteiger partial charge in [-0.3, -0.25) is 4.79 Å². The molecule has 142 valence electrons. The van der Waals surface area contributed by atoms with Gasteiger partial charge in [0.2, 0.25) is 11.0 Å². The molecule has 1 aromatic heterocycles. The van der Waals surface area contributed by atoms with Crippen molar-refractivity contribution in [3.63, 3.8) is 0 Å². The summed E-state index contributed by atoms with van der Waals surface area (Å²) in [4.78, 5) is 12.3. The van der Waals surface area contributed by atoms with E-state index in [9.17, 15) is 4.79 Å². The van der Waals surface area contributed by atoms with Gasteiger partial charge in [0.1, 0.15) is 0 Å². The Bertz CT molecular complexity index is 895. The van der Waals surface area contributed by atoms with Crippen LogP contribution in [0.1, 0.15) is 18.5 Å². The first kappa shape index (κ1) is 19.6. The molecule has 0 spiro atoms. The summed E-state index contributed by atoms with van der Waals surface area (Å²) in [6.45, 7) is 3.29. The minimum atomic E-state index is -0.0649. The van der Waals surface area contributed by atoms with Gasteiger partial charge >= 0.3 is 0 Å². The van der Waals surface area contributed by atoms with Gasteiger partial charge in [0.15, 0.2) is 4.34 Å². The predicted octanol–water partition coefficient (Wildman–Crippen LogP) is 3.72. The van der Waals surface area contributed by atoms with Crippen LogP contribution in [0.2, 0.25) is 0 Å². The number of aromatic nitrogens is 2. The third-order valence-electron chi connectivity index (χ3n) is 3.98. The Kier molecular flexibility index (Phi) is 7.03. The molecule has 0 saturated carbocycles. The fraction of sp³-hybridized carbons (Fsp3) is 0.316. The van der Waals surface area contributed by atoms with Crippen LogP contribution in [-0.2, 0) is 9.53 Å². The van der Waals surface area contributed by atoms with Crippen LogP contribution in [0.25, 0.3) is 10.8 Å². The van der Waals surface area contributed by atoms with Gasteiger partial charge in [0, 0.05) is 13.7 Å². The summed E-state index contributed by atoms with van der Waals surface area (Å²) in [5.41, 5.74) is 1.12. The van der Waals surface area contributed by atoms with E-state index in [4.69, 9.17) is 4.74 Å². The van der Waals surface area contributed by atoms with E-state index < -0.39 is 0 Å². The molecule has 6 nitrogen and oxygen atoms in total. The number of rotatable bonds is 9. The van der Waals surface area contributed by atoms with Gasteiger partial charge in [-0.15, -0.1) is 10.2 Å². The highest BCUT2D eigenvalue weighted by atomic mass is 32.2. The van der Waals surface area contributed by atoms with Crippen molar-refractivity contribution in [1.82, 2.24) is 15.5 Å². The molecule has 1 amide bonds. The summed E-state index contributed by atoms with van der Waals surface area (Å²) in [7, 11) is 1.65. The van der Waals surface area contributed by atoms with Crippen LogP contribution in [0.15, 0.2) is 46.8 Å². The van der Waals surface area contributed by atoms with E-state index >= 15 is 0 Å². The summed E-state index contributed by atoms with van der Waals surface area (Å²) >= 11 is 2.83. The summed E-state index contributed by atoms with van der Waals surface area (Å²) in [5.74, 6) is 0.284. The first-order valence-corrected chi connectivity index (χ1v) is 10.4. The Morgan fingerprint density at radius 2 is 2.04 bits per heavy atom. The largest absolute Gasteiger partial charge is 0.383 e. The normalized spacial score (nSPS) is 12.1. The van der Waals surface area contributed by atoms with Crippen molar-refractivity contribution in [3.05, 3.63) is 48.0 Å². The van der Waals surface area contributed by atoms with Crippen molar-refractivity contribution in [1.29, 1.82) is 0 Å². The number of nitrogens with one attached hydrogen (secondary N) is 2. The maximum absolute atomic E-state index is 12.3. The smallest absolute Gasteiger partial charge is 0.230 e. The van der Waals surface area contributed by atoms with E-state index in [-0.39, 0.29) is 11.9 Å². The molecule has 3 aromatic rings. The van der Waals surface area contributed by atoms with Gasteiger partial charge in [-0.1, -0.05) is 65.6 Å². The third kappa shape index (κ3) is 5.41. The third-order valence-corrected chi connectivity index (χ3v) is 6.00. The number of amides is 1. The SMILES string of the molecule is COCCNc1nnc(SCC(=O)N[C@H](C)c2cccc3ccccc23)s1. The lowest BCUT2D eigenvalue weighted by molar-refractivity contribution is -0.119. The number of fused-ring (bicyclic) bond motifs is 1. The molecule has 0 fully saturated rings. The van der Waals surface area contributed by atoms with E-state index in [0.717, 1.165) is 20.4 Å². The van der Waals surface area contributed by atoms with Crippen LogP contribution in [0.4, 0.5) is 5.13 Å². The average molecular weight is 403 g/mol. The summed E-state index contributed by atoms with van der Waals surface area (Å²) in [6.07, 6.45) is 0. The minimum Gasteiger partial charge on any atom is -0.383 e. The number of benzene rings is 2. The van der Waals surface area contributed by atoms with Crippen LogP contribution < -0.4 is 10.6 Å². The van der Waals surface area contributed by atoms with Crippen LogP contribution in [0.5, 0.6) is 0 Å². The molecular formula is C19H22N4O2S2. The molecule has 1 heterocycles. The second kappa shape index (κ2) is 9.68. The Hall–Kier alpha value is -2.16. The lowest BCUT2D eigenvalue weighted by atomic mass is 10.00. The number of thioether (sulfide) groups is 1. The van der Waals surface area contributed by atoms with Crippen molar-refractivity contribution in [2.75, 3.05) is 31.3 Å². The molecule has 2 aromatic carbocycles. The number of methoxy groups -OCH3 is 1. The Morgan fingerprint density at radius 1 is 1.22 bits per heavy atom. The molecule has 0 aliphatic carbocycles. The van der Waals surface area contributed by atoms with Crippen LogP contribution in [0, 0.1) is 0 Å². The number of hydrogen-bond donors (Lipinski definition) is 2. The maximum atomic E-state index is 12.3. The summed E-state index contributed by atoms with van der Waals surface area (Å²) in [5, 5.41) is 17.4. The fourth-order valence-corrected chi connectivity index (χ4v) is 4.30. The average Bonchev–Trinajstić information content (AvgIpc) is 3.14. The molecule has 1 atom stereocenters. The summed E-state index contributed by atoms with van der Waals surface area (Å²) in [6, 6.07) is 14.3. The van der Waals surface area contributed by atoms with Gasteiger partial charge in [-0.2, -0.15) is 0 Å². The van der Waals surface area contributed by atoms with Crippen molar-refractivity contribution in [2.45, 2.75) is 17.3 Å². The maximum Gasteiger partial charge on any atom is 0.230 e. The van der Waals surface area contributed by atoms with E-state index in [1.165, 1.54) is 28.5 Å². The lowest BCUT2D eigenvalue weighted by Gasteiger charge is -2.16. The molecular weight excluding hydrogens is 380 g/mol. The predicted molar refractivity (Wildman–Crippen MR) is 112 cm³/mol. The highest BCUT2D eigenvalue weighted by Crippen LogP contribution is 2.26.